The molecule has 2 aromatic rings. The van der Waals surface area contributed by atoms with E-state index in [9.17, 15) is 8.42 Å². The Kier molecular flexibility index (Phi) is 2.53. The second-order valence-corrected chi connectivity index (χ2v) is 4.70. The van der Waals surface area contributed by atoms with Crippen molar-refractivity contribution in [3.8, 4) is 11.5 Å². The molecule has 1 aromatic carbocycles. The molecule has 0 atom stereocenters. The number of hydrogen-bond donors (Lipinski definition) is 1. The summed E-state index contributed by atoms with van der Waals surface area (Å²) in [7, 11) is -4.28. The van der Waals surface area contributed by atoms with Crippen LogP contribution in [-0.2, 0) is 10.1 Å². The maximum absolute atomic E-state index is 11.1. The minimum absolute atomic E-state index is 0.163. The summed E-state index contributed by atoms with van der Waals surface area (Å²) in [5, 5.41) is 0. The van der Waals surface area contributed by atoms with Crippen molar-refractivity contribution in [2.24, 2.45) is 0 Å². The molecule has 0 amide bonds. The predicted molar refractivity (Wildman–Crippen MR) is 56.5 cm³/mol. The molecule has 6 heteroatoms. The zero-order valence-electron chi connectivity index (χ0n) is 8.41. The van der Waals surface area contributed by atoms with E-state index >= 15 is 0 Å². The van der Waals surface area contributed by atoms with Crippen LogP contribution in [0, 0.1) is 6.92 Å². The first-order valence-corrected chi connectivity index (χ1v) is 5.90. The molecule has 0 unspecified atom stereocenters. The van der Waals surface area contributed by atoms with Gasteiger partial charge in [-0.05, 0) is 19.1 Å². The fourth-order valence-electron chi connectivity index (χ4n) is 1.39. The topological polar surface area (TPSA) is 80.4 Å². The van der Waals surface area contributed by atoms with E-state index in [1.807, 2.05) is 0 Å². The van der Waals surface area contributed by atoms with Crippen molar-refractivity contribution in [1.29, 1.82) is 0 Å². The highest BCUT2D eigenvalue weighted by molar-refractivity contribution is 7.86. The second kappa shape index (κ2) is 3.73. The monoisotopic (exact) mass is 239 g/mol. The number of aromatic nitrogens is 1. The van der Waals surface area contributed by atoms with Crippen molar-refractivity contribution in [1.82, 2.24) is 4.98 Å². The lowest BCUT2D eigenvalue weighted by Crippen LogP contribution is -2.01. The summed E-state index contributed by atoms with van der Waals surface area (Å²) in [5.41, 5.74) is 1.10. The summed E-state index contributed by atoms with van der Waals surface area (Å²) in [5.74, 6) is 0.163. The maximum atomic E-state index is 11.1. The normalized spacial score (nSPS) is 11.6. The summed E-state index contributed by atoms with van der Waals surface area (Å²) >= 11 is 0. The molecule has 16 heavy (non-hydrogen) atoms. The van der Waals surface area contributed by atoms with Crippen molar-refractivity contribution in [2.45, 2.75) is 11.8 Å². The fourth-order valence-corrected chi connectivity index (χ4v) is 2.06. The summed E-state index contributed by atoms with van der Waals surface area (Å²) in [6.45, 7) is 1.81. The highest BCUT2D eigenvalue weighted by Crippen LogP contribution is 2.26. The highest BCUT2D eigenvalue weighted by atomic mass is 32.2. The van der Waals surface area contributed by atoms with Crippen LogP contribution in [0.5, 0.6) is 0 Å². The Hall–Kier alpha value is -1.66. The molecular weight excluding hydrogens is 230 g/mol. The van der Waals surface area contributed by atoms with E-state index in [0.717, 1.165) is 5.56 Å². The smallest absolute Gasteiger partial charge is 0.295 e. The molecule has 0 saturated carbocycles. The molecule has 0 aliphatic heterocycles. The number of nitrogens with zero attached hydrogens (tertiary/aromatic N) is 1. The van der Waals surface area contributed by atoms with Crippen LogP contribution in [0.1, 0.15) is 5.56 Å². The molecule has 84 valence electrons. The van der Waals surface area contributed by atoms with Crippen molar-refractivity contribution in [3.63, 3.8) is 0 Å². The average molecular weight is 239 g/mol. The molecule has 1 N–H and O–H groups in total. The molecule has 5 nitrogen and oxygen atoms in total. The Balaban J connectivity index is 2.73. The quantitative estimate of drug-likeness (QED) is 0.809. The first kappa shape index (κ1) is 10.8. The Bertz CT molecular complexity index is 602. The number of benzene rings is 1. The van der Waals surface area contributed by atoms with Crippen LogP contribution in [0.2, 0.25) is 0 Å². The van der Waals surface area contributed by atoms with Gasteiger partial charge in [-0.1, -0.05) is 11.6 Å². The van der Waals surface area contributed by atoms with E-state index in [-0.39, 0.29) is 16.3 Å². The van der Waals surface area contributed by atoms with E-state index in [1.54, 1.807) is 19.1 Å². The van der Waals surface area contributed by atoms with Gasteiger partial charge in [0.25, 0.3) is 10.1 Å². The maximum Gasteiger partial charge on any atom is 0.295 e. The lowest BCUT2D eigenvalue weighted by molar-refractivity contribution is 0.482. The van der Waals surface area contributed by atoms with Crippen molar-refractivity contribution in [2.75, 3.05) is 0 Å². The van der Waals surface area contributed by atoms with E-state index in [0.29, 0.717) is 0 Å². The number of aryl methyl sites for hydroxylation is 1. The molecule has 1 aromatic heterocycles. The molecule has 0 saturated heterocycles. The zero-order chi connectivity index (χ0) is 11.8. The van der Waals surface area contributed by atoms with Crippen LogP contribution in [0.4, 0.5) is 0 Å². The first-order chi connectivity index (χ1) is 7.48. The van der Waals surface area contributed by atoms with Crippen LogP contribution >= 0.6 is 0 Å². The minimum Gasteiger partial charge on any atom is -0.444 e. The minimum atomic E-state index is -4.28. The van der Waals surface area contributed by atoms with Gasteiger partial charge < -0.3 is 4.42 Å². The molecular formula is C10H9NO4S. The predicted octanol–water partition coefficient (Wildman–Crippen LogP) is 1.90. The molecule has 0 aliphatic rings. The van der Waals surface area contributed by atoms with Crippen molar-refractivity contribution >= 4 is 10.1 Å². The van der Waals surface area contributed by atoms with Crippen LogP contribution in [0.25, 0.3) is 11.5 Å². The van der Waals surface area contributed by atoms with Gasteiger partial charge in [0.2, 0.25) is 5.89 Å². The molecule has 2 rings (SSSR count). The zero-order valence-corrected chi connectivity index (χ0v) is 9.23. The van der Waals surface area contributed by atoms with Gasteiger partial charge in [0, 0.05) is 0 Å². The van der Waals surface area contributed by atoms with Gasteiger partial charge in [-0.15, -0.1) is 0 Å². The molecule has 0 spiro atoms. The molecule has 0 fully saturated rings. The Morgan fingerprint density at radius 1 is 1.38 bits per heavy atom. The average Bonchev–Trinajstić information content (AvgIpc) is 2.68. The summed E-state index contributed by atoms with van der Waals surface area (Å²) in [4.78, 5) is 3.65. The van der Waals surface area contributed by atoms with Gasteiger partial charge in [0.05, 0.1) is 11.8 Å². The number of rotatable bonds is 2. The molecule has 0 aliphatic carbocycles. The lowest BCUT2D eigenvalue weighted by Gasteiger charge is -2.04. The van der Waals surface area contributed by atoms with E-state index in [2.05, 4.69) is 4.98 Å². The van der Waals surface area contributed by atoms with E-state index in [1.165, 1.54) is 18.5 Å². The Morgan fingerprint density at radius 2 is 2.12 bits per heavy atom. The SMILES string of the molecule is Cc1ccc(S(=O)(=O)O)c(-c2ncco2)c1. The largest absolute Gasteiger partial charge is 0.444 e. The lowest BCUT2D eigenvalue weighted by atomic mass is 10.1. The first-order valence-electron chi connectivity index (χ1n) is 4.46. The van der Waals surface area contributed by atoms with Gasteiger partial charge in [0.15, 0.2) is 0 Å². The summed E-state index contributed by atoms with van der Waals surface area (Å²) < 4.78 is 36.4. The summed E-state index contributed by atoms with van der Waals surface area (Å²) in [6.07, 6.45) is 2.75. The van der Waals surface area contributed by atoms with Gasteiger partial charge in [0.1, 0.15) is 11.2 Å². The van der Waals surface area contributed by atoms with Crippen LogP contribution in [-0.4, -0.2) is 18.0 Å². The second-order valence-electron chi connectivity index (χ2n) is 3.31. The fraction of sp³-hybridized carbons (Fsp3) is 0.100. The van der Waals surface area contributed by atoms with E-state index < -0.39 is 10.1 Å². The number of hydrogen-bond acceptors (Lipinski definition) is 4. The van der Waals surface area contributed by atoms with Crippen LogP contribution in [0.3, 0.4) is 0 Å². The molecule has 0 radical (unpaired) electrons. The van der Waals surface area contributed by atoms with E-state index in [4.69, 9.17) is 8.97 Å². The third-order valence-electron chi connectivity index (χ3n) is 2.08. The van der Waals surface area contributed by atoms with Gasteiger partial charge in [-0.2, -0.15) is 8.42 Å². The third kappa shape index (κ3) is 1.98. The molecule has 1 heterocycles. The van der Waals surface area contributed by atoms with Gasteiger partial charge in [-0.3, -0.25) is 4.55 Å². The highest BCUT2D eigenvalue weighted by Gasteiger charge is 2.18. The van der Waals surface area contributed by atoms with Gasteiger partial charge in [-0.25, -0.2) is 4.98 Å². The van der Waals surface area contributed by atoms with Crippen LogP contribution < -0.4 is 0 Å². The number of oxazole rings is 1. The summed E-state index contributed by atoms with van der Waals surface area (Å²) in [6, 6.07) is 4.51. The van der Waals surface area contributed by atoms with Crippen molar-refractivity contribution < 1.29 is 17.4 Å². The van der Waals surface area contributed by atoms with Crippen LogP contribution in [0.15, 0.2) is 40.0 Å². The third-order valence-corrected chi connectivity index (χ3v) is 2.99. The standard InChI is InChI=1S/C10H9NO4S/c1-7-2-3-9(16(12,13)14)8(6-7)10-11-4-5-15-10/h2-6H,1H3,(H,12,13,14). The van der Waals surface area contributed by atoms with Crippen molar-refractivity contribution in [3.05, 3.63) is 36.2 Å². The van der Waals surface area contributed by atoms with Gasteiger partial charge >= 0.3 is 0 Å². The Morgan fingerprint density at radius 3 is 2.69 bits per heavy atom. The molecule has 0 bridgehead atoms. The Labute approximate surface area is 92.5 Å².